The molecule has 1 aliphatic rings. The normalized spacial score (nSPS) is 15.4. The van der Waals surface area contributed by atoms with Crippen molar-refractivity contribution in [2.75, 3.05) is 18.1 Å². The lowest BCUT2D eigenvalue weighted by atomic mass is 10.1. The van der Waals surface area contributed by atoms with Gasteiger partial charge >= 0.3 is 5.97 Å². The first-order chi connectivity index (χ1) is 18.4. The molecule has 0 spiro atoms. The van der Waals surface area contributed by atoms with Gasteiger partial charge in [-0.1, -0.05) is 6.07 Å². The fourth-order valence-corrected chi connectivity index (χ4v) is 5.12. The van der Waals surface area contributed by atoms with Gasteiger partial charge in [-0.05, 0) is 49.2 Å². The molecule has 1 fully saturated rings. The molecule has 0 bridgehead atoms. The molecule has 0 unspecified atom stereocenters. The number of halogens is 2. The van der Waals surface area contributed by atoms with Gasteiger partial charge in [0.2, 0.25) is 11.3 Å². The number of aromatic amines is 1. The fourth-order valence-electron chi connectivity index (χ4n) is 5.12. The Balaban J connectivity index is 1.49. The van der Waals surface area contributed by atoms with Gasteiger partial charge in [-0.2, -0.15) is 0 Å². The summed E-state index contributed by atoms with van der Waals surface area (Å²) in [5.74, 6) is -2.29. The summed E-state index contributed by atoms with van der Waals surface area (Å²) < 4.78 is 38.2. The van der Waals surface area contributed by atoms with Crippen molar-refractivity contribution >= 4 is 33.5 Å². The van der Waals surface area contributed by atoms with Crippen LogP contribution in [0.25, 0.3) is 27.5 Å². The molecule has 192 valence electrons. The molecule has 1 saturated heterocycles. The number of H-pyrrole nitrogens is 1. The summed E-state index contributed by atoms with van der Waals surface area (Å²) in [6.45, 7) is 0.831. The maximum Gasteiger partial charge on any atom is 0.341 e. The summed E-state index contributed by atoms with van der Waals surface area (Å²) in [7, 11) is 0. The Labute approximate surface area is 214 Å². The van der Waals surface area contributed by atoms with E-state index >= 15 is 8.78 Å². The number of carboxylic acids is 1. The SMILES string of the molecule is O=C(O)c1cn(-c2ccc3[nH]ccc3c2F)c2cc(N3CCC[C@@H]3COc3ccccn3)c(F)cc2c1=O. The maximum absolute atomic E-state index is 15.6. The number of fused-ring (bicyclic) bond motifs is 2. The van der Waals surface area contributed by atoms with E-state index < -0.39 is 28.6 Å². The van der Waals surface area contributed by atoms with Gasteiger partial charge in [0, 0.05) is 47.5 Å². The first kappa shape index (κ1) is 23.7. The number of hydrogen-bond acceptors (Lipinski definition) is 5. The van der Waals surface area contributed by atoms with Crippen LogP contribution in [0.4, 0.5) is 14.5 Å². The molecule has 2 aromatic carbocycles. The fraction of sp³-hybridized carbons (Fsp3) is 0.179. The third kappa shape index (κ3) is 3.94. The number of anilines is 1. The van der Waals surface area contributed by atoms with E-state index in [0.29, 0.717) is 23.3 Å². The molecule has 8 nitrogen and oxygen atoms in total. The molecule has 0 amide bonds. The number of benzene rings is 2. The molecular formula is C28H22F2N4O4. The van der Waals surface area contributed by atoms with Crippen molar-refractivity contribution in [2.45, 2.75) is 18.9 Å². The van der Waals surface area contributed by atoms with E-state index in [4.69, 9.17) is 4.74 Å². The van der Waals surface area contributed by atoms with Gasteiger partial charge < -0.3 is 24.3 Å². The van der Waals surface area contributed by atoms with Gasteiger partial charge in [0.05, 0.1) is 22.9 Å². The van der Waals surface area contributed by atoms with E-state index in [0.717, 1.165) is 25.1 Å². The zero-order valence-electron chi connectivity index (χ0n) is 20.0. The standard InChI is InChI=1S/C28H22F2N4O4/c29-20-12-18-23(13-24(20)33-11-3-4-16(33)15-38-25-5-1-2-9-32-25)34(14-19(27(18)35)28(36)37)22-7-6-21-17(26(22)30)8-10-31-21/h1-2,5-10,12-14,16,31H,3-4,11,15H2,(H,36,37)/t16-/m1/s1. The van der Waals surface area contributed by atoms with Crippen LogP contribution in [0.5, 0.6) is 5.88 Å². The smallest absolute Gasteiger partial charge is 0.341 e. The van der Waals surface area contributed by atoms with Crippen molar-refractivity contribution in [1.29, 1.82) is 0 Å². The van der Waals surface area contributed by atoms with Gasteiger partial charge in [0.15, 0.2) is 5.82 Å². The monoisotopic (exact) mass is 516 g/mol. The number of ether oxygens (including phenoxy) is 1. The Morgan fingerprint density at radius 1 is 1.13 bits per heavy atom. The molecule has 1 aliphatic heterocycles. The molecule has 6 rings (SSSR count). The number of nitrogens with one attached hydrogen (secondary N) is 1. The maximum atomic E-state index is 15.6. The van der Waals surface area contributed by atoms with Crippen LogP contribution in [-0.4, -0.2) is 44.8 Å². The number of aromatic nitrogens is 3. The number of nitrogens with zero attached hydrogens (tertiary/aromatic N) is 3. The number of pyridine rings is 2. The highest BCUT2D eigenvalue weighted by molar-refractivity contribution is 5.95. The molecule has 10 heteroatoms. The van der Waals surface area contributed by atoms with Crippen LogP contribution in [0.15, 0.2) is 71.9 Å². The predicted molar refractivity (Wildman–Crippen MR) is 138 cm³/mol. The topological polar surface area (TPSA) is 100 Å². The van der Waals surface area contributed by atoms with Crippen LogP contribution in [0.2, 0.25) is 0 Å². The van der Waals surface area contributed by atoms with Gasteiger partial charge in [-0.15, -0.1) is 0 Å². The lowest BCUT2D eigenvalue weighted by Crippen LogP contribution is -2.35. The average Bonchev–Trinajstić information content (AvgIpc) is 3.59. The average molecular weight is 517 g/mol. The molecule has 1 atom stereocenters. The van der Waals surface area contributed by atoms with Crippen LogP contribution >= 0.6 is 0 Å². The highest BCUT2D eigenvalue weighted by Gasteiger charge is 2.29. The van der Waals surface area contributed by atoms with Crippen LogP contribution in [0.3, 0.4) is 0 Å². The zero-order chi connectivity index (χ0) is 26.4. The zero-order valence-corrected chi connectivity index (χ0v) is 20.0. The van der Waals surface area contributed by atoms with Crippen molar-refractivity contribution in [3.05, 3.63) is 94.5 Å². The molecule has 0 radical (unpaired) electrons. The lowest BCUT2D eigenvalue weighted by molar-refractivity contribution is 0.0695. The van der Waals surface area contributed by atoms with Crippen LogP contribution < -0.4 is 15.1 Å². The summed E-state index contributed by atoms with van der Waals surface area (Å²) in [5.41, 5.74) is -0.395. The lowest BCUT2D eigenvalue weighted by Gasteiger charge is -2.27. The van der Waals surface area contributed by atoms with Crippen molar-refractivity contribution in [2.24, 2.45) is 0 Å². The van der Waals surface area contributed by atoms with E-state index in [2.05, 4.69) is 9.97 Å². The third-order valence-corrected chi connectivity index (χ3v) is 6.96. The summed E-state index contributed by atoms with van der Waals surface area (Å²) in [6, 6.07) is 12.4. The first-order valence-corrected chi connectivity index (χ1v) is 12.1. The number of carbonyl (C=O) groups is 1. The third-order valence-electron chi connectivity index (χ3n) is 6.96. The minimum Gasteiger partial charge on any atom is -0.477 e. The quantitative estimate of drug-likeness (QED) is 0.333. The predicted octanol–water partition coefficient (Wildman–Crippen LogP) is 4.89. The minimum atomic E-state index is -1.48. The molecule has 3 aromatic heterocycles. The summed E-state index contributed by atoms with van der Waals surface area (Å²) in [5, 5.41) is 9.81. The molecule has 38 heavy (non-hydrogen) atoms. The number of aromatic carboxylic acids is 1. The Morgan fingerprint density at radius 3 is 2.79 bits per heavy atom. The Morgan fingerprint density at radius 2 is 2.00 bits per heavy atom. The van der Waals surface area contributed by atoms with Crippen molar-refractivity contribution in [3.8, 4) is 11.6 Å². The number of rotatable bonds is 6. The second-order valence-corrected chi connectivity index (χ2v) is 9.17. The van der Waals surface area contributed by atoms with Crippen LogP contribution in [-0.2, 0) is 0 Å². The van der Waals surface area contributed by atoms with E-state index in [1.54, 1.807) is 36.7 Å². The van der Waals surface area contributed by atoms with Crippen molar-refractivity contribution in [1.82, 2.24) is 14.5 Å². The number of carboxylic acid groups (broad SMARTS) is 1. The Kier molecular flexibility index (Phi) is 5.79. The summed E-state index contributed by atoms with van der Waals surface area (Å²) >= 11 is 0. The second kappa shape index (κ2) is 9.29. The van der Waals surface area contributed by atoms with Gasteiger partial charge in [-0.3, -0.25) is 4.79 Å². The summed E-state index contributed by atoms with van der Waals surface area (Å²) in [4.78, 5) is 33.8. The van der Waals surface area contributed by atoms with Crippen molar-refractivity contribution in [3.63, 3.8) is 0 Å². The van der Waals surface area contributed by atoms with Crippen molar-refractivity contribution < 1.29 is 23.4 Å². The van der Waals surface area contributed by atoms with E-state index in [1.165, 1.54) is 16.7 Å². The minimum absolute atomic E-state index is 0.0404. The molecule has 4 heterocycles. The van der Waals surface area contributed by atoms with Gasteiger partial charge in [0.25, 0.3) is 0 Å². The largest absolute Gasteiger partial charge is 0.477 e. The Hall–Kier alpha value is -4.73. The second-order valence-electron chi connectivity index (χ2n) is 9.17. The Bertz CT molecular complexity index is 1750. The molecule has 5 aromatic rings. The van der Waals surface area contributed by atoms with Gasteiger partial charge in [-0.25, -0.2) is 18.6 Å². The molecular weight excluding hydrogens is 494 g/mol. The van der Waals surface area contributed by atoms with Crippen LogP contribution in [0, 0.1) is 11.6 Å². The molecule has 0 aliphatic carbocycles. The molecule has 0 saturated carbocycles. The molecule has 2 N–H and O–H groups in total. The van der Waals surface area contributed by atoms with Crippen LogP contribution in [0.1, 0.15) is 23.2 Å². The first-order valence-electron chi connectivity index (χ1n) is 12.1. The van der Waals surface area contributed by atoms with E-state index in [-0.39, 0.29) is 34.9 Å². The summed E-state index contributed by atoms with van der Waals surface area (Å²) in [6.07, 6.45) is 5.87. The van der Waals surface area contributed by atoms with E-state index in [9.17, 15) is 14.7 Å². The number of hydrogen-bond donors (Lipinski definition) is 2. The van der Waals surface area contributed by atoms with Gasteiger partial charge in [0.1, 0.15) is 18.0 Å². The van der Waals surface area contributed by atoms with E-state index in [1.807, 2.05) is 11.0 Å². The highest BCUT2D eigenvalue weighted by atomic mass is 19.1. The highest BCUT2D eigenvalue weighted by Crippen LogP contribution is 2.33.